The highest BCUT2D eigenvalue weighted by atomic mass is 35.5. The first-order valence-corrected chi connectivity index (χ1v) is 8.40. The van der Waals surface area contributed by atoms with Crippen LogP contribution >= 0.6 is 23.2 Å². The van der Waals surface area contributed by atoms with Gasteiger partial charge in [0.2, 0.25) is 0 Å². The van der Waals surface area contributed by atoms with Gasteiger partial charge in [-0.1, -0.05) is 35.3 Å². The average Bonchev–Trinajstić information content (AvgIpc) is 2.58. The summed E-state index contributed by atoms with van der Waals surface area (Å²) >= 11 is 12.4. The Morgan fingerprint density at radius 3 is 2.42 bits per heavy atom. The second-order valence-electron chi connectivity index (χ2n) is 5.66. The number of nitrogens with one attached hydrogen (secondary N) is 2. The molecule has 3 rings (SSSR count). The Kier molecular flexibility index (Phi) is 5.02. The molecule has 0 radical (unpaired) electrons. The lowest BCUT2D eigenvalue weighted by molar-refractivity contribution is 0.101. The van der Waals surface area contributed by atoms with Crippen LogP contribution in [0.5, 0.6) is 5.75 Å². The topological polar surface area (TPSA) is 78.4 Å². The summed E-state index contributed by atoms with van der Waals surface area (Å²) in [5.41, 5.74) is 1.28. The molecule has 3 N–H and O–H groups in total. The fourth-order valence-corrected chi connectivity index (χ4v) is 3.14. The van der Waals surface area contributed by atoms with Crippen molar-refractivity contribution in [3.63, 3.8) is 0 Å². The van der Waals surface area contributed by atoms with E-state index in [4.69, 9.17) is 23.2 Å². The van der Waals surface area contributed by atoms with Crippen LogP contribution in [0.3, 0.4) is 0 Å². The number of amides is 2. The maximum Gasteiger partial charge on any atom is 0.323 e. The van der Waals surface area contributed by atoms with Crippen LogP contribution in [0.4, 0.5) is 16.2 Å². The van der Waals surface area contributed by atoms with E-state index in [1.807, 2.05) is 0 Å². The molecule has 0 aromatic heterocycles. The summed E-state index contributed by atoms with van der Waals surface area (Å²) < 4.78 is 0. The molecule has 0 atom stereocenters. The Balaban J connectivity index is 1.91. The smallest absolute Gasteiger partial charge is 0.323 e. The molecule has 0 aliphatic heterocycles. The summed E-state index contributed by atoms with van der Waals surface area (Å²) in [4.78, 5) is 23.8. The highest BCUT2D eigenvalue weighted by Crippen LogP contribution is 2.38. The Morgan fingerprint density at radius 1 is 0.923 bits per heavy atom. The van der Waals surface area contributed by atoms with Gasteiger partial charge in [-0.25, -0.2) is 4.79 Å². The van der Waals surface area contributed by atoms with E-state index in [2.05, 4.69) is 10.6 Å². The number of fused-ring (bicyclic) bond motifs is 1. The predicted octanol–water partition coefficient (Wildman–Crippen LogP) is 5.70. The molecule has 3 aromatic rings. The van der Waals surface area contributed by atoms with Gasteiger partial charge in [0.05, 0.1) is 15.7 Å². The lowest BCUT2D eigenvalue weighted by Crippen LogP contribution is -2.20. The standard InChI is InChI=1S/C19H14Cl2N2O3/c1-10(24)11-3-2-4-12(7-11)22-19(26)23-18-15-8-13(25)5-6-14(15)16(20)9-17(18)21/h2-9,25H,1H3,(H2,22,23,26). The largest absolute Gasteiger partial charge is 0.508 e. The number of aromatic hydroxyl groups is 1. The number of benzene rings is 3. The molecule has 0 saturated carbocycles. The number of carbonyl (C=O) groups excluding carboxylic acids is 2. The van der Waals surface area contributed by atoms with Crippen LogP contribution in [0.25, 0.3) is 10.8 Å². The highest BCUT2D eigenvalue weighted by Gasteiger charge is 2.14. The van der Waals surface area contributed by atoms with Crippen molar-refractivity contribution in [2.75, 3.05) is 10.6 Å². The van der Waals surface area contributed by atoms with Gasteiger partial charge in [0.1, 0.15) is 5.75 Å². The molecule has 0 fully saturated rings. The lowest BCUT2D eigenvalue weighted by atomic mass is 10.1. The molecule has 3 aromatic carbocycles. The minimum Gasteiger partial charge on any atom is -0.508 e. The van der Waals surface area contributed by atoms with E-state index in [-0.39, 0.29) is 16.6 Å². The molecule has 132 valence electrons. The predicted molar refractivity (Wildman–Crippen MR) is 105 cm³/mol. The van der Waals surface area contributed by atoms with E-state index in [0.717, 1.165) is 0 Å². The summed E-state index contributed by atoms with van der Waals surface area (Å²) in [6.07, 6.45) is 0. The van der Waals surface area contributed by atoms with E-state index in [0.29, 0.717) is 32.7 Å². The number of Topliss-reactive ketones (excluding diaryl/α,β-unsaturated/α-hetero) is 1. The van der Waals surface area contributed by atoms with Crippen molar-refractivity contribution in [1.82, 2.24) is 0 Å². The Hall–Kier alpha value is -2.76. The number of ketones is 1. The molecule has 26 heavy (non-hydrogen) atoms. The lowest BCUT2D eigenvalue weighted by Gasteiger charge is -2.13. The second kappa shape index (κ2) is 7.23. The van der Waals surface area contributed by atoms with Crippen molar-refractivity contribution in [2.24, 2.45) is 0 Å². The summed E-state index contributed by atoms with van der Waals surface area (Å²) in [7, 11) is 0. The third-order valence-corrected chi connectivity index (χ3v) is 4.40. The van der Waals surface area contributed by atoms with Gasteiger partial charge >= 0.3 is 6.03 Å². The fraction of sp³-hybridized carbons (Fsp3) is 0.0526. The zero-order chi connectivity index (χ0) is 18.8. The summed E-state index contributed by atoms with van der Waals surface area (Å²) in [6, 6.07) is 12.2. The molecular formula is C19H14Cl2N2O3. The molecule has 0 saturated heterocycles. The van der Waals surface area contributed by atoms with Crippen LogP contribution in [0.15, 0.2) is 48.5 Å². The zero-order valence-corrected chi connectivity index (χ0v) is 15.2. The normalized spacial score (nSPS) is 10.6. The first kappa shape index (κ1) is 18.0. The summed E-state index contributed by atoms with van der Waals surface area (Å²) in [6.45, 7) is 1.45. The molecule has 2 amide bonds. The van der Waals surface area contributed by atoms with Gasteiger partial charge < -0.3 is 15.7 Å². The fourth-order valence-electron chi connectivity index (χ4n) is 2.56. The molecule has 0 spiro atoms. The SMILES string of the molecule is CC(=O)c1cccc(NC(=O)Nc2c(Cl)cc(Cl)c3ccc(O)cc23)c1. The first-order chi connectivity index (χ1) is 12.3. The molecule has 0 bridgehead atoms. The van der Waals surface area contributed by atoms with Crippen molar-refractivity contribution >= 4 is 57.2 Å². The average molecular weight is 389 g/mol. The van der Waals surface area contributed by atoms with Gasteiger partial charge in [-0.2, -0.15) is 0 Å². The highest BCUT2D eigenvalue weighted by molar-refractivity contribution is 6.41. The number of urea groups is 1. The zero-order valence-electron chi connectivity index (χ0n) is 13.6. The second-order valence-corrected chi connectivity index (χ2v) is 6.48. The molecule has 0 unspecified atom stereocenters. The van der Waals surface area contributed by atoms with Gasteiger partial charge in [0, 0.05) is 22.0 Å². The van der Waals surface area contributed by atoms with E-state index in [9.17, 15) is 14.7 Å². The Labute approximate surface area is 159 Å². The van der Waals surface area contributed by atoms with Crippen LogP contribution in [0.2, 0.25) is 10.0 Å². The summed E-state index contributed by atoms with van der Waals surface area (Å²) in [5, 5.41) is 16.9. The number of rotatable bonds is 3. The van der Waals surface area contributed by atoms with Crippen LogP contribution in [0, 0.1) is 0 Å². The van der Waals surface area contributed by atoms with Crippen LogP contribution in [-0.4, -0.2) is 16.9 Å². The quantitative estimate of drug-likeness (QED) is 0.503. The minimum absolute atomic E-state index is 0.0217. The number of hydrogen-bond acceptors (Lipinski definition) is 3. The van der Waals surface area contributed by atoms with Crippen LogP contribution in [-0.2, 0) is 0 Å². The Bertz CT molecular complexity index is 1030. The third kappa shape index (κ3) is 3.74. The van der Waals surface area contributed by atoms with Gasteiger partial charge in [0.25, 0.3) is 0 Å². The maximum atomic E-state index is 12.4. The van der Waals surface area contributed by atoms with Crippen molar-refractivity contribution < 1.29 is 14.7 Å². The molecule has 0 aliphatic carbocycles. The number of halogens is 2. The van der Waals surface area contributed by atoms with E-state index < -0.39 is 6.03 Å². The first-order valence-electron chi connectivity index (χ1n) is 7.65. The van der Waals surface area contributed by atoms with Gasteiger partial charge in [0.15, 0.2) is 5.78 Å². The van der Waals surface area contributed by atoms with E-state index in [1.165, 1.54) is 25.1 Å². The number of hydrogen-bond donors (Lipinski definition) is 3. The van der Waals surface area contributed by atoms with E-state index in [1.54, 1.807) is 30.3 Å². The molecule has 0 heterocycles. The minimum atomic E-state index is -0.542. The monoisotopic (exact) mass is 388 g/mol. The van der Waals surface area contributed by atoms with Crippen LogP contribution < -0.4 is 10.6 Å². The van der Waals surface area contributed by atoms with Crippen molar-refractivity contribution in [2.45, 2.75) is 6.92 Å². The van der Waals surface area contributed by atoms with Crippen molar-refractivity contribution in [3.05, 3.63) is 64.1 Å². The van der Waals surface area contributed by atoms with Gasteiger partial charge in [-0.15, -0.1) is 0 Å². The Morgan fingerprint density at radius 2 is 1.69 bits per heavy atom. The molecule has 0 aliphatic rings. The molecular weight excluding hydrogens is 375 g/mol. The van der Waals surface area contributed by atoms with Crippen molar-refractivity contribution in [1.29, 1.82) is 0 Å². The van der Waals surface area contributed by atoms with E-state index >= 15 is 0 Å². The number of phenols is 1. The van der Waals surface area contributed by atoms with Crippen molar-refractivity contribution in [3.8, 4) is 5.75 Å². The summed E-state index contributed by atoms with van der Waals surface area (Å²) in [5.74, 6) is -0.0790. The number of anilines is 2. The third-order valence-electron chi connectivity index (χ3n) is 3.79. The maximum absolute atomic E-state index is 12.4. The molecule has 5 nitrogen and oxygen atoms in total. The van der Waals surface area contributed by atoms with Gasteiger partial charge in [-0.3, -0.25) is 4.79 Å². The molecule has 7 heteroatoms. The number of phenolic OH excluding ortho intramolecular Hbond substituents is 1. The van der Waals surface area contributed by atoms with Crippen LogP contribution in [0.1, 0.15) is 17.3 Å². The van der Waals surface area contributed by atoms with Gasteiger partial charge in [-0.05, 0) is 43.3 Å². The number of carbonyl (C=O) groups is 2.